The van der Waals surface area contributed by atoms with Crippen LogP contribution in [0.1, 0.15) is 28.2 Å². The molecule has 0 aliphatic heterocycles. The normalized spacial score (nSPS) is 10.6. The van der Waals surface area contributed by atoms with Gasteiger partial charge in [0.2, 0.25) is 0 Å². The summed E-state index contributed by atoms with van der Waals surface area (Å²) in [6, 6.07) is 0.766. The molecule has 0 aliphatic rings. The third kappa shape index (κ3) is 2.38. The van der Waals surface area contributed by atoms with E-state index in [1.807, 2.05) is 0 Å². The summed E-state index contributed by atoms with van der Waals surface area (Å²) in [6.45, 7) is 0. The number of nitrogens with zero attached hydrogens (tertiary/aromatic N) is 1. The lowest BCUT2D eigenvalue weighted by molar-refractivity contribution is 0.0589. The predicted molar refractivity (Wildman–Crippen MR) is 51.8 cm³/mol. The highest BCUT2D eigenvalue weighted by atomic mass is 35.5. The summed E-state index contributed by atoms with van der Waals surface area (Å²) in [5, 5.41) is 9.32. The Hall–Kier alpha value is -1.43. The highest BCUT2D eigenvalue weighted by Crippen LogP contribution is 2.28. The standard InChI is InChI=1S/C9H8ClF2NO3/c1-16-9(15)7-6(14)2-4(8(11)12)5(3-10)13-7/h2,8,14H,3H2,1H3. The molecular formula is C9H8ClF2NO3. The van der Waals surface area contributed by atoms with Gasteiger partial charge in [-0.3, -0.25) is 0 Å². The maximum absolute atomic E-state index is 12.5. The largest absolute Gasteiger partial charge is 0.505 e. The molecule has 1 aromatic rings. The van der Waals surface area contributed by atoms with Crippen molar-refractivity contribution in [2.24, 2.45) is 0 Å². The Morgan fingerprint density at radius 3 is 2.75 bits per heavy atom. The first-order chi connectivity index (χ1) is 7.51. The predicted octanol–water partition coefficient (Wildman–Crippen LogP) is 2.25. The number of carbonyl (C=O) groups is 1. The van der Waals surface area contributed by atoms with E-state index < -0.39 is 29.4 Å². The number of hydrogen-bond acceptors (Lipinski definition) is 4. The zero-order valence-corrected chi connectivity index (χ0v) is 8.96. The van der Waals surface area contributed by atoms with E-state index in [0.717, 1.165) is 13.2 Å². The Kier molecular flexibility index (Phi) is 4.00. The summed E-state index contributed by atoms with van der Waals surface area (Å²) >= 11 is 5.42. The van der Waals surface area contributed by atoms with Crippen molar-refractivity contribution in [3.63, 3.8) is 0 Å². The van der Waals surface area contributed by atoms with E-state index in [4.69, 9.17) is 11.6 Å². The number of halogens is 3. The topological polar surface area (TPSA) is 59.4 Å². The van der Waals surface area contributed by atoms with Gasteiger partial charge in [0.05, 0.1) is 18.7 Å². The van der Waals surface area contributed by atoms with E-state index in [-0.39, 0.29) is 11.6 Å². The molecule has 0 bridgehead atoms. The van der Waals surface area contributed by atoms with Gasteiger partial charge in [0, 0.05) is 5.56 Å². The number of aromatic hydroxyl groups is 1. The maximum atomic E-state index is 12.5. The van der Waals surface area contributed by atoms with Crippen molar-refractivity contribution in [1.82, 2.24) is 4.98 Å². The molecule has 1 rings (SSSR count). The fourth-order valence-electron chi connectivity index (χ4n) is 1.10. The molecule has 0 saturated carbocycles. The van der Waals surface area contributed by atoms with Crippen molar-refractivity contribution in [3.8, 4) is 5.75 Å². The van der Waals surface area contributed by atoms with Crippen molar-refractivity contribution < 1.29 is 23.4 Å². The second kappa shape index (κ2) is 5.07. The molecule has 0 fully saturated rings. The van der Waals surface area contributed by atoms with Crippen LogP contribution in [0.15, 0.2) is 6.07 Å². The maximum Gasteiger partial charge on any atom is 0.360 e. The van der Waals surface area contributed by atoms with Crippen LogP contribution in [0.25, 0.3) is 0 Å². The van der Waals surface area contributed by atoms with Crippen LogP contribution in [0.2, 0.25) is 0 Å². The van der Waals surface area contributed by atoms with Gasteiger partial charge in [-0.05, 0) is 6.07 Å². The molecule has 1 heterocycles. The molecule has 0 unspecified atom stereocenters. The first-order valence-corrected chi connectivity index (χ1v) is 4.70. The van der Waals surface area contributed by atoms with Crippen LogP contribution in [0, 0.1) is 0 Å². The number of carbonyl (C=O) groups excluding carboxylic acids is 1. The van der Waals surface area contributed by atoms with Crippen LogP contribution in [0.3, 0.4) is 0 Å². The number of esters is 1. The highest BCUT2D eigenvalue weighted by Gasteiger charge is 2.21. The van der Waals surface area contributed by atoms with Gasteiger partial charge in [0.1, 0.15) is 5.75 Å². The lowest BCUT2D eigenvalue weighted by Gasteiger charge is -2.09. The third-order valence-electron chi connectivity index (χ3n) is 1.86. The fourth-order valence-corrected chi connectivity index (χ4v) is 1.31. The number of ether oxygens (including phenoxy) is 1. The summed E-state index contributed by atoms with van der Waals surface area (Å²) in [6.07, 6.45) is -2.82. The zero-order chi connectivity index (χ0) is 12.3. The Labute approximate surface area is 94.8 Å². The first kappa shape index (κ1) is 12.6. The minimum atomic E-state index is -2.82. The average molecular weight is 252 g/mol. The highest BCUT2D eigenvalue weighted by molar-refractivity contribution is 6.17. The Morgan fingerprint density at radius 1 is 1.69 bits per heavy atom. The minimum absolute atomic E-state index is 0.158. The summed E-state index contributed by atoms with van der Waals surface area (Å²) in [5.74, 6) is -1.86. The smallest absolute Gasteiger partial charge is 0.360 e. The van der Waals surface area contributed by atoms with E-state index in [1.54, 1.807) is 0 Å². The second-order valence-electron chi connectivity index (χ2n) is 2.82. The quantitative estimate of drug-likeness (QED) is 0.661. The van der Waals surface area contributed by atoms with Crippen LogP contribution in [0.4, 0.5) is 8.78 Å². The molecule has 16 heavy (non-hydrogen) atoms. The van der Waals surface area contributed by atoms with Gasteiger partial charge in [0.15, 0.2) is 5.69 Å². The Balaban J connectivity index is 3.31. The monoisotopic (exact) mass is 251 g/mol. The van der Waals surface area contributed by atoms with Gasteiger partial charge in [0.25, 0.3) is 6.43 Å². The molecule has 1 N–H and O–H groups in total. The molecule has 0 atom stereocenters. The number of rotatable bonds is 3. The van der Waals surface area contributed by atoms with E-state index in [1.165, 1.54) is 0 Å². The van der Waals surface area contributed by atoms with E-state index in [0.29, 0.717) is 0 Å². The van der Waals surface area contributed by atoms with Gasteiger partial charge in [-0.1, -0.05) is 0 Å². The lowest BCUT2D eigenvalue weighted by Crippen LogP contribution is -2.08. The Morgan fingerprint density at radius 2 is 2.31 bits per heavy atom. The summed E-state index contributed by atoms with van der Waals surface area (Å²) in [7, 11) is 1.09. The van der Waals surface area contributed by atoms with Crippen molar-refractivity contribution in [2.45, 2.75) is 12.3 Å². The van der Waals surface area contributed by atoms with Crippen LogP contribution >= 0.6 is 11.6 Å². The molecule has 0 aromatic carbocycles. The Bertz CT molecular complexity index is 412. The van der Waals surface area contributed by atoms with Crippen LogP contribution in [-0.4, -0.2) is 23.2 Å². The number of hydrogen-bond donors (Lipinski definition) is 1. The minimum Gasteiger partial charge on any atom is -0.505 e. The van der Waals surface area contributed by atoms with Gasteiger partial charge in [-0.2, -0.15) is 0 Å². The van der Waals surface area contributed by atoms with Crippen LogP contribution in [-0.2, 0) is 10.6 Å². The van der Waals surface area contributed by atoms with Crippen LogP contribution in [0.5, 0.6) is 5.75 Å². The summed E-state index contributed by atoms with van der Waals surface area (Å²) in [4.78, 5) is 14.7. The zero-order valence-electron chi connectivity index (χ0n) is 8.21. The number of methoxy groups -OCH3 is 1. The molecule has 0 radical (unpaired) electrons. The van der Waals surface area contributed by atoms with Gasteiger partial charge in [-0.15, -0.1) is 11.6 Å². The molecule has 0 saturated heterocycles. The summed E-state index contributed by atoms with van der Waals surface area (Å²) in [5.41, 5.74) is -1.09. The number of pyridine rings is 1. The van der Waals surface area contributed by atoms with Gasteiger partial charge < -0.3 is 9.84 Å². The first-order valence-electron chi connectivity index (χ1n) is 4.16. The third-order valence-corrected chi connectivity index (χ3v) is 2.11. The molecule has 88 valence electrons. The fraction of sp³-hybridized carbons (Fsp3) is 0.333. The molecule has 7 heteroatoms. The summed E-state index contributed by atoms with van der Waals surface area (Å²) < 4.78 is 29.3. The van der Waals surface area contributed by atoms with Crippen molar-refractivity contribution in [3.05, 3.63) is 23.0 Å². The molecule has 4 nitrogen and oxygen atoms in total. The van der Waals surface area contributed by atoms with Crippen molar-refractivity contribution in [2.75, 3.05) is 7.11 Å². The van der Waals surface area contributed by atoms with Crippen molar-refractivity contribution >= 4 is 17.6 Å². The number of alkyl halides is 3. The molecule has 0 spiro atoms. The number of aromatic nitrogens is 1. The molecular weight excluding hydrogens is 244 g/mol. The molecule has 0 aliphatic carbocycles. The molecule has 0 amide bonds. The lowest BCUT2D eigenvalue weighted by atomic mass is 10.1. The van der Waals surface area contributed by atoms with Gasteiger partial charge in [-0.25, -0.2) is 18.6 Å². The average Bonchev–Trinajstić information content (AvgIpc) is 2.27. The SMILES string of the molecule is COC(=O)c1nc(CCl)c(C(F)F)cc1O. The molecule has 1 aromatic heterocycles. The van der Waals surface area contributed by atoms with E-state index in [9.17, 15) is 18.7 Å². The van der Waals surface area contributed by atoms with Gasteiger partial charge >= 0.3 is 5.97 Å². The van der Waals surface area contributed by atoms with Crippen molar-refractivity contribution in [1.29, 1.82) is 0 Å². The van der Waals surface area contributed by atoms with E-state index >= 15 is 0 Å². The second-order valence-corrected chi connectivity index (χ2v) is 3.09. The van der Waals surface area contributed by atoms with Crippen LogP contribution < -0.4 is 0 Å². The van der Waals surface area contributed by atoms with E-state index in [2.05, 4.69) is 9.72 Å².